The maximum absolute atomic E-state index is 13.2. The predicted molar refractivity (Wildman–Crippen MR) is 58.7 cm³/mol. The van der Waals surface area contributed by atoms with Crippen LogP contribution in [0.25, 0.3) is 0 Å². The zero-order valence-corrected chi connectivity index (χ0v) is 9.80. The van der Waals surface area contributed by atoms with Crippen LogP contribution in [-0.4, -0.2) is 14.2 Å². The van der Waals surface area contributed by atoms with Gasteiger partial charge in [-0.15, -0.1) is 0 Å². The van der Waals surface area contributed by atoms with Crippen molar-refractivity contribution in [2.24, 2.45) is 0 Å². The van der Waals surface area contributed by atoms with Crippen LogP contribution in [0.4, 0.5) is 8.78 Å². The molecular formula is C11H11F2NO2S. The van der Waals surface area contributed by atoms with E-state index in [9.17, 15) is 17.2 Å². The van der Waals surface area contributed by atoms with E-state index in [1.807, 2.05) is 6.07 Å². The van der Waals surface area contributed by atoms with E-state index in [4.69, 9.17) is 5.26 Å². The van der Waals surface area contributed by atoms with E-state index in [1.54, 1.807) is 0 Å². The summed E-state index contributed by atoms with van der Waals surface area (Å²) in [5, 5.41) is 8.28. The molecule has 0 unspecified atom stereocenters. The number of nitriles is 1. The summed E-state index contributed by atoms with van der Waals surface area (Å²) in [4.78, 5) is 0. The van der Waals surface area contributed by atoms with Crippen LogP contribution in [0.5, 0.6) is 0 Å². The van der Waals surface area contributed by atoms with Crippen molar-refractivity contribution in [3.8, 4) is 6.07 Å². The largest absolute Gasteiger partial charge is 0.228 e. The molecule has 1 aromatic carbocycles. The topological polar surface area (TPSA) is 57.9 Å². The number of hydrogen-bond donors (Lipinski definition) is 0. The fraction of sp³-hybridized carbons (Fsp3) is 0.364. The van der Waals surface area contributed by atoms with E-state index < -0.39 is 32.8 Å². The fourth-order valence-corrected chi connectivity index (χ4v) is 2.78. The van der Waals surface area contributed by atoms with E-state index in [0.29, 0.717) is 0 Å². The quantitative estimate of drug-likeness (QED) is 0.761. The van der Waals surface area contributed by atoms with Gasteiger partial charge in [0.05, 0.1) is 17.6 Å². The Morgan fingerprint density at radius 3 is 2.35 bits per heavy atom. The van der Waals surface area contributed by atoms with Gasteiger partial charge < -0.3 is 0 Å². The molecule has 0 saturated carbocycles. The smallest absolute Gasteiger partial charge is 0.154 e. The third-order valence-corrected chi connectivity index (χ3v) is 3.81. The van der Waals surface area contributed by atoms with Gasteiger partial charge in [0.15, 0.2) is 9.84 Å². The molecule has 0 atom stereocenters. The van der Waals surface area contributed by atoms with Gasteiger partial charge in [-0.2, -0.15) is 5.26 Å². The molecule has 0 aliphatic rings. The monoisotopic (exact) mass is 259 g/mol. The highest BCUT2D eigenvalue weighted by Gasteiger charge is 2.17. The van der Waals surface area contributed by atoms with E-state index in [1.165, 1.54) is 6.07 Å². The lowest BCUT2D eigenvalue weighted by Gasteiger charge is -2.05. The van der Waals surface area contributed by atoms with Gasteiger partial charge in [-0.3, -0.25) is 0 Å². The highest BCUT2D eigenvalue weighted by Crippen LogP contribution is 2.16. The summed E-state index contributed by atoms with van der Waals surface area (Å²) in [5.41, 5.74) is -0.440. The lowest BCUT2D eigenvalue weighted by Crippen LogP contribution is -2.11. The first-order valence-electron chi connectivity index (χ1n) is 4.96. The standard InChI is InChI=1S/C11H11F2NO2S/c12-10-4-3-5-11(13)9(10)8-17(15,16)7-2-1-6-14/h3-5H,1-2,7-8H2. The molecular weight excluding hydrogens is 248 g/mol. The van der Waals surface area contributed by atoms with Crippen LogP contribution >= 0.6 is 0 Å². The van der Waals surface area contributed by atoms with Crippen molar-refractivity contribution >= 4 is 9.84 Å². The summed E-state index contributed by atoms with van der Waals surface area (Å²) < 4.78 is 49.5. The SMILES string of the molecule is N#CCCCS(=O)(=O)Cc1c(F)cccc1F. The Hall–Kier alpha value is -1.48. The Morgan fingerprint density at radius 2 is 1.82 bits per heavy atom. The highest BCUT2D eigenvalue weighted by molar-refractivity contribution is 7.90. The Morgan fingerprint density at radius 1 is 1.24 bits per heavy atom. The van der Waals surface area contributed by atoms with Gasteiger partial charge in [0.1, 0.15) is 11.6 Å². The van der Waals surface area contributed by atoms with Crippen molar-refractivity contribution in [1.29, 1.82) is 5.26 Å². The van der Waals surface area contributed by atoms with E-state index in [-0.39, 0.29) is 18.6 Å². The average molecular weight is 259 g/mol. The van der Waals surface area contributed by atoms with Crippen LogP contribution in [0.2, 0.25) is 0 Å². The average Bonchev–Trinajstić information content (AvgIpc) is 2.24. The fourth-order valence-electron chi connectivity index (χ4n) is 1.33. The molecule has 0 radical (unpaired) electrons. The Balaban J connectivity index is 2.81. The molecule has 17 heavy (non-hydrogen) atoms. The van der Waals surface area contributed by atoms with E-state index in [2.05, 4.69) is 0 Å². The van der Waals surface area contributed by atoms with E-state index >= 15 is 0 Å². The number of unbranched alkanes of at least 4 members (excludes halogenated alkanes) is 1. The molecule has 3 nitrogen and oxygen atoms in total. The molecule has 0 heterocycles. The minimum atomic E-state index is -3.58. The molecule has 0 fully saturated rings. The first kappa shape index (κ1) is 13.6. The number of halogens is 2. The van der Waals surface area contributed by atoms with Crippen molar-refractivity contribution in [3.05, 3.63) is 35.4 Å². The normalized spacial score (nSPS) is 11.1. The molecule has 0 aliphatic carbocycles. The summed E-state index contributed by atoms with van der Waals surface area (Å²) in [6.45, 7) is 0. The zero-order valence-electron chi connectivity index (χ0n) is 8.99. The predicted octanol–water partition coefficient (Wildman–Crippen LogP) is 2.18. The lowest BCUT2D eigenvalue weighted by atomic mass is 10.2. The molecule has 0 bridgehead atoms. The van der Waals surface area contributed by atoms with Gasteiger partial charge in [-0.1, -0.05) is 6.07 Å². The molecule has 0 spiro atoms. The molecule has 92 valence electrons. The number of sulfone groups is 1. The summed E-state index contributed by atoms with van der Waals surface area (Å²) in [6, 6.07) is 5.03. The first-order valence-corrected chi connectivity index (χ1v) is 6.78. The number of hydrogen-bond acceptors (Lipinski definition) is 3. The second kappa shape index (κ2) is 5.73. The number of benzene rings is 1. The second-order valence-electron chi connectivity index (χ2n) is 3.55. The van der Waals surface area contributed by atoms with Crippen molar-refractivity contribution in [2.75, 3.05) is 5.75 Å². The third kappa shape index (κ3) is 4.11. The highest BCUT2D eigenvalue weighted by atomic mass is 32.2. The van der Waals surface area contributed by atoms with Crippen molar-refractivity contribution < 1.29 is 17.2 Å². The lowest BCUT2D eigenvalue weighted by molar-refractivity contribution is 0.555. The van der Waals surface area contributed by atoms with Gasteiger partial charge in [0.2, 0.25) is 0 Å². The minimum absolute atomic E-state index is 0.110. The maximum Gasteiger partial charge on any atom is 0.154 e. The second-order valence-corrected chi connectivity index (χ2v) is 5.74. The van der Waals surface area contributed by atoms with Gasteiger partial charge >= 0.3 is 0 Å². The van der Waals surface area contributed by atoms with Crippen LogP contribution in [-0.2, 0) is 15.6 Å². The Bertz CT molecular complexity index is 515. The van der Waals surface area contributed by atoms with Gasteiger partial charge in [-0.05, 0) is 18.6 Å². The van der Waals surface area contributed by atoms with Crippen LogP contribution < -0.4 is 0 Å². The first-order chi connectivity index (χ1) is 7.96. The number of nitrogens with zero attached hydrogens (tertiary/aromatic N) is 1. The van der Waals surface area contributed by atoms with Crippen LogP contribution in [0.15, 0.2) is 18.2 Å². The van der Waals surface area contributed by atoms with Crippen LogP contribution in [0.3, 0.4) is 0 Å². The molecule has 1 rings (SSSR count). The van der Waals surface area contributed by atoms with Gasteiger partial charge in [0.25, 0.3) is 0 Å². The Labute approximate surface area is 98.6 Å². The molecule has 0 saturated heterocycles. The van der Waals surface area contributed by atoms with Crippen LogP contribution in [0, 0.1) is 23.0 Å². The van der Waals surface area contributed by atoms with Gasteiger partial charge in [-0.25, -0.2) is 17.2 Å². The van der Waals surface area contributed by atoms with E-state index in [0.717, 1.165) is 12.1 Å². The molecule has 0 aromatic heterocycles. The van der Waals surface area contributed by atoms with Gasteiger partial charge in [0, 0.05) is 12.0 Å². The molecule has 0 N–H and O–H groups in total. The summed E-state index contributed by atoms with van der Waals surface area (Å²) in [6.07, 6.45) is 0.286. The summed E-state index contributed by atoms with van der Waals surface area (Å²) >= 11 is 0. The molecule has 0 aliphatic heterocycles. The maximum atomic E-state index is 13.2. The van der Waals surface area contributed by atoms with Crippen molar-refractivity contribution in [3.63, 3.8) is 0 Å². The Kier molecular flexibility index (Phi) is 4.58. The number of rotatable bonds is 5. The summed E-state index contributed by atoms with van der Waals surface area (Å²) in [5.74, 6) is -2.65. The summed E-state index contributed by atoms with van der Waals surface area (Å²) in [7, 11) is -3.58. The van der Waals surface area contributed by atoms with Crippen molar-refractivity contribution in [2.45, 2.75) is 18.6 Å². The third-order valence-electron chi connectivity index (χ3n) is 2.17. The van der Waals surface area contributed by atoms with Crippen molar-refractivity contribution in [1.82, 2.24) is 0 Å². The minimum Gasteiger partial charge on any atom is -0.228 e. The zero-order chi connectivity index (χ0) is 12.9. The molecule has 6 heteroatoms. The molecule has 0 amide bonds. The van der Waals surface area contributed by atoms with Crippen LogP contribution in [0.1, 0.15) is 18.4 Å². The molecule has 1 aromatic rings.